The molecule has 1 atom stereocenters. The van der Waals surface area contributed by atoms with Gasteiger partial charge in [0.05, 0.1) is 0 Å². The SMILES string of the molecule is CCNC(CCc1cccs1)C1(N(C)C)CCCCC1. The van der Waals surface area contributed by atoms with Gasteiger partial charge in [0, 0.05) is 16.5 Å². The van der Waals surface area contributed by atoms with Gasteiger partial charge in [-0.2, -0.15) is 0 Å². The van der Waals surface area contributed by atoms with Crippen molar-refractivity contribution in [3.8, 4) is 0 Å². The minimum atomic E-state index is 0.367. The van der Waals surface area contributed by atoms with Crippen molar-refractivity contribution in [1.29, 1.82) is 0 Å². The smallest absolute Gasteiger partial charge is 0.0356 e. The monoisotopic (exact) mass is 294 g/mol. The molecule has 0 amide bonds. The van der Waals surface area contributed by atoms with Crippen LogP contribution in [0.25, 0.3) is 0 Å². The molecule has 1 N–H and O–H groups in total. The Hall–Kier alpha value is -0.380. The molecule has 1 heterocycles. The molecule has 1 unspecified atom stereocenters. The highest BCUT2D eigenvalue weighted by Gasteiger charge is 2.40. The van der Waals surface area contributed by atoms with Crippen LogP contribution in [0.2, 0.25) is 0 Å². The van der Waals surface area contributed by atoms with E-state index in [4.69, 9.17) is 0 Å². The molecule has 0 spiro atoms. The highest BCUT2D eigenvalue weighted by Crippen LogP contribution is 2.36. The topological polar surface area (TPSA) is 15.3 Å². The molecule has 0 saturated heterocycles. The second-order valence-corrected chi connectivity index (χ2v) is 7.32. The molecule has 0 aromatic carbocycles. The van der Waals surface area contributed by atoms with Crippen LogP contribution in [0.5, 0.6) is 0 Å². The second kappa shape index (κ2) is 7.58. The van der Waals surface area contributed by atoms with Gasteiger partial charge in [0.15, 0.2) is 0 Å². The van der Waals surface area contributed by atoms with Crippen LogP contribution in [-0.2, 0) is 6.42 Å². The average Bonchev–Trinajstić information content (AvgIpc) is 2.97. The molecule has 1 saturated carbocycles. The number of rotatable bonds is 7. The van der Waals surface area contributed by atoms with Gasteiger partial charge >= 0.3 is 0 Å². The van der Waals surface area contributed by atoms with E-state index in [-0.39, 0.29) is 0 Å². The second-order valence-electron chi connectivity index (χ2n) is 6.29. The fourth-order valence-electron chi connectivity index (χ4n) is 3.82. The lowest BCUT2D eigenvalue weighted by Crippen LogP contribution is -2.60. The molecule has 1 aliphatic carbocycles. The maximum absolute atomic E-state index is 3.80. The van der Waals surface area contributed by atoms with Gasteiger partial charge in [-0.05, 0) is 57.8 Å². The van der Waals surface area contributed by atoms with Gasteiger partial charge in [-0.1, -0.05) is 32.3 Å². The molecule has 0 radical (unpaired) electrons. The van der Waals surface area contributed by atoms with E-state index in [2.05, 4.69) is 48.7 Å². The Morgan fingerprint density at radius 3 is 2.60 bits per heavy atom. The Morgan fingerprint density at radius 2 is 2.05 bits per heavy atom. The Labute approximate surface area is 128 Å². The lowest BCUT2D eigenvalue weighted by molar-refractivity contribution is 0.0543. The molecular weight excluding hydrogens is 264 g/mol. The van der Waals surface area contributed by atoms with Crippen molar-refractivity contribution in [2.75, 3.05) is 20.6 Å². The van der Waals surface area contributed by atoms with Crippen LogP contribution in [0.4, 0.5) is 0 Å². The van der Waals surface area contributed by atoms with E-state index in [0.29, 0.717) is 11.6 Å². The Balaban J connectivity index is 2.07. The van der Waals surface area contributed by atoms with E-state index in [1.165, 1.54) is 49.8 Å². The third-order valence-corrected chi connectivity index (χ3v) is 5.90. The first kappa shape index (κ1) is 16.0. The van der Waals surface area contributed by atoms with Crippen LogP contribution < -0.4 is 5.32 Å². The first-order chi connectivity index (χ1) is 9.69. The van der Waals surface area contributed by atoms with E-state index in [9.17, 15) is 0 Å². The van der Waals surface area contributed by atoms with Gasteiger partial charge in [0.2, 0.25) is 0 Å². The predicted molar refractivity (Wildman–Crippen MR) is 89.6 cm³/mol. The van der Waals surface area contributed by atoms with Crippen LogP contribution >= 0.6 is 11.3 Å². The Bertz CT molecular complexity index is 366. The van der Waals surface area contributed by atoms with Crippen LogP contribution in [0.15, 0.2) is 17.5 Å². The molecule has 0 aliphatic heterocycles. The van der Waals surface area contributed by atoms with Crippen molar-refractivity contribution in [1.82, 2.24) is 10.2 Å². The minimum Gasteiger partial charge on any atom is -0.312 e. The van der Waals surface area contributed by atoms with Crippen LogP contribution in [-0.4, -0.2) is 37.1 Å². The maximum atomic E-state index is 3.80. The average molecular weight is 295 g/mol. The Morgan fingerprint density at radius 1 is 1.30 bits per heavy atom. The summed E-state index contributed by atoms with van der Waals surface area (Å²) in [6.45, 7) is 3.31. The maximum Gasteiger partial charge on any atom is 0.0356 e. The highest BCUT2D eigenvalue weighted by atomic mass is 32.1. The number of nitrogens with zero attached hydrogens (tertiary/aromatic N) is 1. The summed E-state index contributed by atoms with van der Waals surface area (Å²) in [5.74, 6) is 0. The third kappa shape index (κ3) is 3.63. The first-order valence-corrected chi connectivity index (χ1v) is 9.00. The number of hydrogen-bond donors (Lipinski definition) is 1. The quantitative estimate of drug-likeness (QED) is 0.820. The first-order valence-electron chi connectivity index (χ1n) is 8.12. The van der Waals surface area contributed by atoms with Crippen molar-refractivity contribution in [3.63, 3.8) is 0 Å². The van der Waals surface area contributed by atoms with Gasteiger partial charge in [-0.3, -0.25) is 0 Å². The zero-order valence-electron chi connectivity index (χ0n) is 13.3. The van der Waals surface area contributed by atoms with Crippen LogP contribution in [0, 0.1) is 0 Å². The van der Waals surface area contributed by atoms with Crippen molar-refractivity contribution in [2.45, 2.75) is 63.5 Å². The van der Waals surface area contributed by atoms with Gasteiger partial charge < -0.3 is 10.2 Å². The summed E-state index contributed by atoms with van der Waals surface area (Å²) in [6.07, 6.45) is 9.36. The summed E-state index contributed by atoms with van der Waals surface area (Å²) in [5, 5.41) is 5.99. The summed E-state index contributed by atoms with van der Waals surface area (Å²) in [5.41, 5.74) is 0.367. The lowest BCUT2D eigenvalue weighted by Gasteiger charge is -2.49. The van der Waals surface area contributed by atoms with E-state index in [1.807, 2.05) is 11.3 Å². The zero-order valence-corrected chi connectivity index (χ0v) is 14.1. The van der Waals surface area contributed by atoms with E-state index in [1.54, 1.807) is 0 Å². The molecule has 2 rings (SSSR count). The summed E-state index contributed by atoms with van der Waals surface area (Å²) < 4.78 is 0. The van der Waals surface area contributed by atoms with Crippen molar-refractivity contribution in [3.05, 3.63) is 22.4 Å². The summed E-state index contributed by atoms with van der Waals surface area (Å²) in [7, 11) is 4.56. The van der Waals surface area contributed by atoms with Gasteiger partial charge in [-0.15, -0.1) is 11.3 Å². The standard InChI is InChI=1S/C17H30N2S/c1-4-18-16(11-10-15-9-8-14-20-15)17(19(2)3)12-6-5-7-13-17/h8-9,14,16,18H,4-7,10-13H2,1-3H3. The fourth-order valence-corrected chi connectivity index (χ4v) is 4.54. The minimum absolute atomic E-state index is 0.367. The normalized spacial score (nSPS) is 20.2. The number of hydrogen-bond acceptors (Lipinski definition) is 3. The van der Waals surface area contributed by atoms with Crippen molar-refractivity contribution < 1.29 is 0 Å². The molecule has 1 aromatic rings. The molecule has 0 bridgehead atoms. The molecule has 1 fully saturated rings. The van der Waals surface area contributed by atoms with Crippen molar-refractivity contribution in [2.24, 2.45) is 0 Å². The van der Waals surface area contributed by atoms with E-state index < -0.39 is 0 Å². The van der Waals surface area contributed by atoms with Gasteiger partial charge in [0.25, 0.3) is 0 Å². The number of nitrogens with one attached hydrogen (secondary N) is 1. The molecule has 3 heteroatoms. The summed E-state index contributed by atoms with van der Waals surface area (Å²) in [6, 6.07) is 5.06. The molecule has 20 heavy (non-hydrogen) atoms. The molecular formula is C17H30N2S. The molecule has 1 aromatic heterocycles. The van der Waals surface area contributed by atoms with Crippen LogP contribution in [0.3, 0.4) is 0 Å². The van der Waals surface area contributed by atoms with E-state index >= 15 is 0 Å². The lowest BCUT2D eigenvalue weighted by atomic mass is 9.74. The largest absolute Gasteiger partial charge is 0.312 e. The third-order valence-electron chi connectivity index (χ3n) is 4.97. The van der Waals surface area contributed by atoms with E-state index in [0.717, 1.165) is 6.54 Å². The van der Waals surface area contributed by atoms with Gasteiger partial charge in [0.1, 0.15) is 0 Å². The van der Waals surface area contributed by atoms with Crippen LogP contribution in [0.1, 0.15) is 50.3 Å². The number of aryl methyl sites for hydroxylation is 1. The zero-order chi connectivity index (χ0) is 14.4. The van der Waals surface area contributed by atoms with Gasteiger partial charge in [-0.25, -0.2) is 0 Å². The molecule has 1 aliphatic rings. The highest BCUT2D eigenvalue weighted by molar-refractivity contribution is 7.09. The number of thiophene rings is 1. The Kier molecular flexibility index (Phi) is 6.06. The molecule has 2 nitrogen and oxygen atoms in total. The fraction of sp³-hybridized carbons (Fsp3) is 0.765. The van der Waals surface area contributed by atoms with Crippen molar-refractivity contribution >= 4 is 11.3 Å². The predicted octanol–water partition coefficient (Wildman–Crippen LogP) is 3.92. The number of likely N-dealkylation sites (N-methyl/N-ethyl adjacent to an activating group) is 2. The summed E-state index contributed by atoms with van der Waals surface area (Å²) in [4.78, 5) is 4.03. The summed E-state index contributed by atoms with van der Waals surface area (Å²) >= 11 is 1.90. The molecule has 114 valence electrons.